The van der Waals surface area contributed by atoms with Crippen LogP contribution in [0.2, 0.25) is 0 Å². The molecule has 1 aromatic carbocycles. The highest BCUT2D eigenvalue weighted by Gasteiger charge is 1.82. The van der Waals surface area contributed by atoms with Gasteiger partial charge in [0.1, 0.15) is 0 Å². The van der Waals surface area contributed by atoms with Crippen molar-refractivity contribution >= 4 is 6.08 Å². The van der Waals surface area contributed by atoms with Crippen LogP contribution in [-0.2, 0) is 0 Å². The first-order valence-electron chi connectivity index (χ1n) is 4.21. The Morgan fingerprint density at radius 1 is 1.23 bits per heavy atom. The largest absolute Gasteiger partial charge is 0.401 e. The molecule has 1 rings (SSSR count). The van der Waals surface area contributed by atoms with Gasteiger partial charge in [-0.15, -0.1) is 0 Å². The zero-order valence-corrected chi connectivity index (χ0v) is 7.48. The quantitative estimate of drug-likeness (QED) is 0.682. The predicted octanol–water partition coefficient (Wildman–Crippen LogP) is 1.50. The molecular weight excluding hydrogens is 160 g/mol. The van der Waals surface area contributed by atoms with Crippen molar-refractivity contribution in [1.82, 2.24) is 0 Å². The molecule has 0 heterocycles. The molecule has 0 saturated carbocycles. The highest BCUT2D eigenvalue weighted by molar-refractivity contribution is 5.50. The van der Waals surface area contributed by atoms with Gasteiger partial charge in [0.05, 0.1) is 0 Å². The van der Waals surface area contributed by atoms with Crippen molar-refractivity contribution in [3.63, 3.8) is 0 Å². The van der Waals surface area contributed by atoms with Crippen molar-refractivity contribution in [1.29, 1.82) is 0 Å². The summed E-state index contributed by atoms with van der Waals surface area (Å²) in [4.78, 5) is 0. The molecule has 1 aromatic rings. The Hall–Kier alpha value is -1.54. The fraction of sp³-hybridized carbons (Fsp3) is 0.0909. The van der Waals surface area contributed by atoms with Crippen LogP contribution in [0, 0.1) is 0 Å². The summed E-state index contributed by atoms with van der Waals surface area (Å²) >= 11 is 0. The van der Waals surface area contributed by atoms with Crippen LogP contribution in [0.25, 0.3) is 6.08 Å². The van der Waals surface area contributed by atoms with Gasteiger partial charge in [-0.3, -0.25) is 0 Å². The Kier molecular flexibility index (Phi) is 3.79. The van der Waals surface area contributed by atoms with E-state index in [4.69, 9.17) is 11.5 Å². The second-order valence-electron chi connectivity index (χ2n) is 2.72. The summed E-state index contributed by atoms with van der Waals surface area (Å²) in [7, 11) is 0. The molecule has 4 N–H and O–H groups in total. The second-order valence-corrected chi connectivity index (χ2v) is 2.72. The van der Waals surface area contributed by atoms with E-state index in [-0.39, 0.29) is 0 Å². The van der Waals surface area contributed by atoms with E-state index in [2.05, 4.69) is 0 Å². The Morgan fingerprint density at radius 3 is 2.54 bits per heavy atom. The predicted molar refractivity (Wildman–Crippen MR) is 56.8 cm³/mol. The van der Waals surface area contributed by atoms with Gasteiger partial charge in [-0.1, -0.05) is 42.5 Å². The Balaban J connectivity index is 2.60. The Morgan fingerprint density at radius 2 is 1.92 bits per heavy atom. The summed E-state index contributed by atoms with van der Waals surface area (Å²) in [5.74, 6) is 0. The maximum atomic E-state index is 5.52. The molecule has 0 aliphatic heterocycles. The van der Waals surface area contributed by atoms with Crippen LogP contribution in [0.15, 0.2) is 48.2 Å². The van der Waals surface area contributed by atoms with E-state index in [0.29, 0.717) is 12.2 Å². The van der Waals surface area contributed by atoms with Crippen molar-refractivity contribution in [3.05, 3.63) is 53.7 Å². The molecule has 0 radical (unpaired) electrons. The van der Waals surface area contributed by atoms with Crippen molar-refractivity contribution in [2.45, 2.75) is 0 Å². The van der Waals surface area contributed by atoms with E-state index in [1.54, 1.807) is 0 Å². The number of nitrogens with two attached hydrogens (primary N) is 2. The van der Waals surface area contributed by atoms with Gasteiger partial charge >= 0.3 is 0 Å². The standard InChI is InChI=1S/C11H14N2/c12-9-11(13)8-4-7-10-5-2-1-3-6-10/h1-8H,9,12-13H2. The van der Waals surface area contributed by atoms with Gasteiger partial charge in [0.2, 0.25) is 0 Å². The van der Waals surface area contributed by atoms with Crippen molar-refractivity contribution < 1.29 is 0 Å². The molecule has 0 atom stereocenters. The molecule has 0 saturated heterocycles. The average molecular weight is 174 g/mol. The molecule has 0 amide bonds. The van der Waals surface area contributed by atoms with E-state index < -0.39 is 0 Å². The molecule has 2 heteroatoms. The fourth-order valence-electron chi connectivity index (χ4n) is 0.915. The van der Waals surface area contributed by atoms with Crippen LogP contribution >= 0.6 is 0 Å². The molecule has 68 valence electrons. The van der Waals surface area contributed by atoms with Gasteiger partial charge in [0.25, 0.3) is 0 Å². The lowest BCUT2D eigenvalue weighted by atomic mass is 10.2. The summed E-state index contributed by atoms with van der Waals surface area (Å²) in [5.41, 5.74) is 12.7. The first kappa shape index (κ1) is 9.55. The van der Waals surface area contributed by atoms with Crippen LogP contribution in [0.4, 0.5) is 0 Å². The lowest BCUT2D eigenvalue weighted by Gasteiger charge is -1.91. The molecule has 0 aliphatic carbocycles. The minimum atomic E-state index is 0.402. The topological polar surface area (TPSA) is 52.0 Å². The van der Waals surface area contributed by atoms with Crippen LogP contribution < -0.4 is 11.5 Å². The van der Waals surface area contributed by atoms with Gasteiger partial charge in [0.15, 0.2) is 0 Å². The van der Waals surface area contributed by atoms with Crippen molar-refractivity contribution in [2.24, 2.45) is 11.5 Å². The van der Waals surface area contributed by atoms with Crippen LogP contribution in [0.3, 0.4) is 0 Å². The zero-order chi connectivity index (χ0) is 9.52. The number of rotatable bonds is 3. The SMILES string of the molecule is NCC(N)=CC=Cc1ccccc1. The summed E-state index contributed by atoms with van der Waals surface area (Å²) in [6.45, 7) is 0.402. The number of allylic oxidation sites excluding steroid dienone is 2. The van der Waals surface area contributed by atoms with Crippen LogP contribution in [0.1, 0.15) is 5.56 Å². The minimum absolute atomic E-state index is 0.402. The van der Waals surface area contributed by atoms with Gasteiger partial charge in [-0.05, 0) is 11.6 Å². The third-order valence-corrected chi connectivity index (χ3v) is 1.63. The monoisotopic (exact) mass is 174 g/mol. The Bertz CT molecular complexity index is 299. The van der Waals surface area contributed by atoms with Gasteiger partial charge in [-0.2, -0.15) is 0 Å². The van der Waals surface area contributed by atoms with Crippen LogP contribution in [-0.4, -0.2) is 6.54 Å². The first-order valence-corrected chi connectivity index (χ1v) is 4.21. The molecule has 0 unspecified atom stereocenters. The van der Waals surface area contributed by atoms with E-state index in [1.807, 2.05) is 48.6 Å². The first-order chi connectivity index (χ1) is 6.33. The van der Waals surface area contributed by atoms with Crippen molar-refractivity contribution in [2.75, 3.05) is 6.54 Å². The number of hydrogen-bond acceptors (Lipinski definition) is 2. The normalized spacial score (nSPS) is 12.2. The molecule has 0 aliphatic rings. The summed E-state index contributed by atoms with van der Waals surface area (Å²) in [6, 6.07) is 10.0. The molecule has 0 fully saturated rings. The fourth-order valence-corrected chi connectivity index (χ4v) is 0.915. The molecule has 0 aromatic heterocycles. The lowest BCUT2D eigenvalue weighted by Crippen LogP contribution is -2.10. The van der Waals surface area contributed by atoms with Crippen LogP contribution in [0.5, 0.6) is 0 Å². The minimum Gasteiger partial charge on any atom is -0.401 e. The Labute approximate surface area is 78.6 Å². The highest BCUT2D eigenvalue weighted by Crippen LogP contribution is 2.00. The van der Waals surface area contributed by atoms with E-state index in [0.717, 1.165) is 5.56 Å². The molecule has 2 nitrogen and oxygen atoms in total. The zero-order valence-electron chi connectivity index (χ0n) is 7.48. The summed E-state index contributed by atoms with van der Waals surface area (Å²) in [5, 5.41) is 0. The smallest absolute Gasteiger partial charge is 0.0326 e. The van der Waals surface area contributed by atoms with E-state index in [1.165, 1.54) is 0 Å². The van der Waals surface area contributed by atoms with E-state index >= 15 is 0 Å². The van der Waals surface area contributed by atoms with Gasteiger partial charge < -0.3 is 11.5 Å². The molecule has 0 spiro atoms. The summed E-state index contributed by atoms with van der Waals surface area (Å²) < 4.78 is 0. The van der Waals surface area contributed by atoms with E-state index in [9.17, 15) is 0 Å². The van der Waals surface area contributed by atoms with Crippen molar-refractivity contribution in [3.8, 4) is 0 Å². The molecule has 13 heavy (non-hydrogen) atoms. The average Bonchev–Trinajstić information content (AvgIpc) is 2.19. The highest BCUT2D eigenvalue weighted by atomic mass is 14.7. The van der Waals surface area contributed by atoms with Gasteiger partial charge in [0, 0.05) is 12.2 Å². The summed E-state index contributed by atoms with van der Waals surface area (Å²) in [6.07, 6.45) is 5.70. The molecular formula is C11H14N2. The lowest BCUT2D eigenvalue weighted by molar-refractivity contribution is 1.11. The third-order valence-electron chi connectivity index (χ3n) is 1.63. The maximum absolute atomic E-state index is 5.52. The number of benzene rings is 1. The molecule has 0 bridgehead atoms. The van der Waals surface area contributed by atoms with Gasteiger partial charge in [-0.25, -0.2) is 0 Å². The maximum Gasteiger partial charge on any atom is 0.0326 e. The number of hydrogen-bond donors (Lipinski definition) is 2. The third kappa shape index (κ3) is 3.58. The second kappa shape index (κ2) is 5.17.